The van der Waals surface area contributed by atoms with E-state index in [0.29, 0.717) is 12.1 Å². The quantitative estimate of drug-likeness (QED) is 0.862. The first-order valence-electron chi connectivity index (χ1n) is 8.95. The van der Waals surface area contributed by atoms with Gasteiger partial charge < -0.3 is 4.90 Å². The summed E-state index contributed by atoms with van der Waals surface area (Å²) >= 11 is 0. The number of piperidine rings is 1. The van der Waals surface area contributed by atoms with Gasteiger partial charge >= 0.3 is 0 Å². The van der Waals surface area contributed by atoms with E-state index in [1.807, 2.05) is 29.5 Å². The molecular formula is C19H23FN4O. The second-order valence-electron chi connectivity index (χ2n) is 7.26. The van der Waals surface area contributed by atoms with Crippen LogP contribution in [-0.2, 0) is 10.2 Å². The predicted molar refractivity (Wildman–Crippen MR) is 91.7 cm³/mol. The second-order valence-corrected chi connectivity index (χ2v) is 7.26. The first kappa shape index (κ1) is 16.2. The molecule has 0 N–H and O–H groups in total. The summed E-state index contributed by atoms with van der Waals surface area (Å²) in [5.41, 5.74) is -0.101. The van der Waals surface area contributed by atoms with Crippen molar-refractivity contribution in [1.29, 1.82) is 0 Å². The van der Waals surface area contributed by atoms with Gasteiger partial charge in [-0.1, -0.05) is 18.2 Å². The summed E-state index contributed by atoms with van der Waals surface area (Å²) in [6, 6.07) is 6.84. The summed E-state index contributed by atoms with van der Waals surface area (Å²) in [5, 5.41) is 4.49. The van der Waals surface area contributed by atoms with Gasteiger partial charge in [0.25, 0.3) is 0 Å². The van der Waals surface area contributed by atoms with Crippen LogP contribution in [0.5, 0.6) is 0 Å². The molecule has 132 valence electrons. The second kappa shape index (κ2) is 5.93. The zero-order chi connectivity index (χ0) is 17.6. The van der Waals surface area contributed by atoms with Crippen LogP contribution in [0.15, 0.2) is 24.3 Å². The topological polar surface area (TPSA) is 51.0 Å². The van der Waals surface area contributed by atoms with E-state index >= 15 is 0 Å². The van der Waals surface area contributed by atoms with Crippen molar-refractivity contribution in [3.05, 3.63) is 47.3 Å². The van der Waals surface area contributed by atoms with Crippen molar-refractivity contribution in [3.63, 3.8) is 0 Å². The van der Waals surface area contributed by atoms with E-state index in [1.165, 1.54) is 6.07 Å². The highest BCUT2D eigenvalue weighted by molar-refractivity contribution is 5.91. The molecule has 0 radical (unpaired) electrons. The molecule has 2 aliphatic rings. The molecule has 1 amide bonds. The van der Waals surface area contributed by atoms with Crippen molar-refractivity contribution in [3.8, 4) is 0 Å². The number of halogens is 1. The maximum Gasteiger partial charge on any atom is 0.233 e. The molecule has 1 saturated heterocycles. The van der Waals surface area contributed by atoms with Gasteiger partial charge in [0.1, 0.15) is 17.5 Å². The third kappa shape index (κ3) is 2.73. The summed E-state index contributed by atoms with van der Waals surface area (Å²) in [5.74, 6) is 1.43. The van der Waals surface area contributed by atoms with Crippen LogP contribution >= 0.6 is 0 Å². The number of aryl methyl sites for hydroxylation is 2. The molecule has 6 heteroatoms. The van der Waals surface area contributed by atoms with Crippen LogP contribution in [0.3, 0.4) is 0 Å². The minimum Gasteiger partial charge on any atom is -0.340 e. The Labute approximate surface area is 146 Å². The highest BCUT2D eigenvalue weighted by atomic mass is 19.1. The molecule has 1 saturated carbocycles. The highest BCUT2D eigenvalue weighted by Gasteiger charge is 2.54. The van der Waals surface area contributed by atoms with Gasteiger partial charge in [-0.2, -0.15) is 5.10 Å². The lowest BCUT2D eigenvalue weighted by atomic mass is 9.92. The number of hydrogen-bond donors (Lipinski definition) is 0. The molecule has 0 spiro atoms. The highest BCUT2D eigenvalue weighted by Crippen LogP contribution is 2.50. The Morgan fingerprint density at radius 2 is 2.04 bits per heavy atom. The molecule has 0 unspecified atom stereocenters. The Kier molecular flexibility index (Phi) is 3.85. The molecule has 1 aliphatic heterocycles. The van der Waals surface area contributed by atoms with Gasteiger partial charge in [-0.05, 0) is 45.6 Å². The number of rotatable bonds is 3. The first-order valence-corrected chi connectivity index (χ1v) is 8.95. The van der Waals surface area contributed by atoms with Gasteiger partial charge in [0.2, 0.25) is 5.91 Å². The minimum absolute atomic E-state index is 0.0665. The van der Waals surface area contributed by atoms with Gasteiger partial charge in [-0.3, -0.25) is 4.79 Å². The number of nitrogens with zero attached hydrogens (tertiary/aromatic N) is 4. The van der Waals surface area contributed by atoms with E-state index in [9.17, 15) is 9.18 Å². The molecule has 5 nitrogen and oxygen atoms in total. The van der Waals surface area contributed by atoms with Crippen LogP contribution in [-0.4, -0.2) is 38.7 Å². The molecule has 2 fully saturated rings. The Morgan fingerprint density at radius 1 is 1.28 bits per heavy atom. The van der Waals surface area contributed by atoms with Crippen LogP contribution < -0.4 is 0 Å². The van der Waals surface area contributed by atoms with E-state index in [0.717, 1.165) is 43.9 Å². The van der Waals surface area contributed by atoms with Crippen molar-refractivity contribution >= 4 is 5.91 Å². The summed E-state index contributed by atoms with van der Waals surface area (Å²) in [4.78, 5) is 19.5. The van der Waals surface area contributed by atoms with Crippen LogP contribution in [0.4, 0.5) is 4.39 Å². The lowest BCUT2D eigenvalue weighted by Crippen LogP contribution is -2.46. The zero-order valence-corrected chi connectivity index (χ0v) is 14.7. The third-order valence-corrected chi connectivity index (χ3v) is 5.49. The summed E-state index contributed by atoms with van der Waals surface area (Å²) < 4.78 is 16.2. The molecule has 1 atom stereocenters. The molecule has 1 aromatic heterocycles. The molecule has 25 heavy (non-hydrogen) atoms. The van der Waals surface area contributed by atoms with Crippen LogP contribution in [0.25, 0.3) is 0 Å². The van der Waals surface area contributed by atoms with Crippen molar-refractivity contribution < 1.29 is 9.18 Å². The summed E-state index contributed by atoms with van der Waals surface area (Å²) in [6.45, 7) is 5.19. The molecular weight excluding hydrogens is 319 g/mol. The largest absolute Gasteiger partial charge is 0.340 e. The van der Waals surface area contributed by atoms with Gasteiger partial charge in [-0.25, -0.2) is 14.1 Å². The van der Waals surface area contributed by atoms with E-state index in [-0.39, 0.29) is 17.8 Å². The normalized spacial score (nSPS) is 22.0. The Bertz CT molecular complexity index is 812. The van der Waals surface area contributed by atoms with Crippen molar-refractivity contribution in [2.24, 2.45) is 0 Å². The van der Waals surface area contributed by atoms with Gasteiger partial charge in [-0.15, -0.1) is 0 Å². The van der Waals surface area contributed by atoms with E-state index < -0.39 is 5.41 Å². The third-order valence-electron chi connectivity index (χ3n) is 5.49. The average molecular weight is 342 g/mol. The Morgan fingerprint density at radius 3 is 2.68 bits per heavy atom. The smallest absolute Gasteiger partial charge is 0.233 e. The van der Waals surface area contributed by atoms with Crippen LogP contribution in [0, 0.1) is 19.7 Å². The van der Waals surface area contributed by atoms with Gasteiger partial charge in [0, 0.05) is 18.7 Å². The van der Waals surface area contributed by atoms with Gasteiger partial charge in [0.05, 0.1) is 11.5 Å². The summed E-state index contributed by atoms with van der Waals surface area (Å²) in [7, 11) is 0. The maximum absolute atomic E-state index is 14.3. The standard InChI is InChI=1S/C19H23FN4O/c1-13-21-14(2)24(22-13)15-6-5-11-23(12-15)18(25)19(9-10-19)16-7-3-4-8-17(16)20/h3-4,7-8,15H,5-6,9-12H2,1-2H3/t15-/m0/s1. The molecule has 0 bridgehead atoms. The maximum atomic E-state index is 14.3. The molecule has 1 aliphatic carbocycles. The molecule has 2 aromatic rings. The number of benzene rings is 1. The van der Waals surface area contributed by atoms with Crippen molar-refractivity contribution in [2.75, 3.05) is 13.1 Å². The lowest BCUT2D eigenvalue weighted by molar-refractivity contribution is -0.135. The van der Waals surface area contributed by atoms with E-state index in [1.54, 1.807) is 12.1 Å². The molecule has 2 heterocycles. The number of amides is 1. The number of carbonyl (C=O) groups is 1. The van der Waals surface area contributed by atoms with Crippen LogP contribution in [0.1, 0.15) is 48.9 Å². The van der Waals surface area contributed by atoms with E-state index in [4.69, 9.17) is 0 Å². The van der Waals surface area contributed by atoms with Crippen LogP contribution in [0.2, 0.25) is 0 Å². The SMILES string of the molecule is Cc1nc(C)n([C@H]2CCCN(C(=O)C3(c4ccccc4F)CC3)C2)n1. The van der Waals surface area contributed by atoms with E-state index in [2.05, 4.69) is 10.1 Å². The lowest BCUT2D eigenvalue weighted by Gasteiger charge is -2.35. The number of carbonyl (C=O) groups excluding carboxylic acids is 1. The van der Waals surface area contributed by atoms with Crippen molar-refractivity contribution in [1.82, 2.24) is 19.7 Å². The number of aromatic nitrogens is 3. The number of hydrogen-bond acceptors (Lipinski definition) is 3. The minimum atomic E-state index is -0.652. The zero-order valence-electron chi connectivity index (χ0n) is 14.7. The van der Waals surface area contributed by atoms with Gasteiger partial charge in [0.15, 0.2) is 0 Å². The fourth-order valence-corrected chi connectivity index (χ4v) is 4.10. The Balaban J connectivity index is 1.57. The fourth-order valence-electron chi connectivity index (χ4n) is 4.10. The average Bonchev–Trinajstić information content (AvgIpc) is 3.34. The molecule has 1 aromatic carbocycles. The fraction of sp³-hybridized carbons (Fsp3) is 0.526. The predicted octanol–water partition coefficient (Wildman–Crippen LogP) is 2.93. The first-order chi connectivity index (χ1) is 12.0. The monoisotopic (exact) mass is 342 g/mol. The Hall–Kier alpha value is -2.24. The number of likely N-dealkylation sites (tertiary alicyclic amines) is 1. The molecule has 4 rings (SSSR count). The van der Waals surface area contributed by atoms with Crippen molar-refractivity contribution in [2.45, 2.75) is 51.0 Å². The summed E-state index contributed by atoms with van der Waals surface area (Å²) in [6.07, 6.45) is 3.38.